The van der Waals surface area contributed by atoms with E-state index in [2.05, 4.69) is 10.6 Å². The van der Waals surface area contributed by atoms with Gasteiger partial charge >= 0.3 is 0 Å². The van der Waals surface area contributed by atoms with Crippen LogP contribution in [0.1, 0.15) is 12.8 Å². The lowest BCUT2D eigenvalue weighted by Gasteiger charge is -2.11. The molecule has 4 heteroatoms. The number of halogens is 2. The second kappa shape index (κ2) is 5.51. The van der Waals surface area contributed by atoms with Gasteiger partial charge in [-0.05, 0) is 50.0 Å². The molecule has 1 saturated heterocycles. The summed E-state index contributed by atoms with van der Waals surface area (Å²) in [5, 5.41) is 6.97. The summed E-state index contributed by atoms with van der Waals surface area (Å²) in [5.74, 6) is 0.476. The molecule has 1 atom stereocenters. The Morgan fingerprint density at radius 2 is 2.38 bits per heavy atom. The van der Waals surface area contributed by atoms with Gasteiger partial charge in [0.25, 0.3) is 0 Å². The highest BCUT2D eigenvalue weighted by atomic mass is 35.5. The third-order valence-corrected chi connectivity index (χ3v) is 3.19. The number of nitrogens with one attached hydrogen (secondary N) is 2. The Bertz CT molecular complexity index is 351. The second-order valence-corrected chi connectivity index (χ2v) is 4.63. The van der Waals surface area contributed by atoms with Crippen LogP contribution in [0.15, 0.2) is 18.2 Å². The average Bonchev–Trinajstić information content (AvgIpc) is 2.76. The highest BCUT2D eigenvalue weighted by molar-refractivity contribution is 6.30. The van der Waals surface area contributed by atoms with E-state index in [9.17, 15) is 4.39 Å². The topological polar surface area (TPSA) is 24.1 Å². The zero-order valence-electron chi connectivity index (χ0n) is 9.10. The number of anilines is 1. The summed E-state index contributed by atoms with van der Waals surface area (Å²) in [6, 6.07) is 4.58. The molecule has 0 radical (unpaired) electrons. The van der Waals surface area contributed by atoms with E-state index >= 15 is 0 Å². The predicted molar refractivity (Wildman–Crippen MR) is 65.5 cm³/mol. The molecule has 1 heterocycles. The highest BCUT2D eigenvalue weighted by Crippen LogP contribution is 2.20. The maximum atomic E-state index is 13.3. The van der Waals surface area contributed by atoms with Gasteiger partial charge < -0.3 is 10.6 Å². The lowest BCUT2D eigenvalue weighted by atomic mass is 10.1. The molecule has 16 heavy (non-hydrogen) atoms. The third-order valence-electron chi connectivity index (χ3n) is 2.96. The Hall–Kier alpha value is -0.800. The van der Waals surface area contributed by atoms with Gasteiger partial charge in [-0.15, -0.1) is 0 Å². The third kappa shape index (κ3) is 3.09. The van der Waals surface area contributed by atoms with E-state index < -0.39 is 0 Å². The molecule has 2 nitrogen and oxygen atoms in total. The van der Waals surface area contributed by atoms with E-state index in [4.69, 9.17) is 11.6 Å². The minimum absolute atomic E-state index is 0.242. The van der Waals surface area contributed by atoms with Crippen molar-refractivity contribution < 1.29 is 4.39 Å². The van der Waals surface area contributed by atoms with Gasteiger partial charge in [0.05, 0.1) is 5.69 Å². The smallest absolute Gasteiger partial charge is 0.146 e. The van der Waals surface area contributed by atoms with Crippen LogP contribution in [0, 0.1) is 11.7 Å². The van der Waals surface area contributed by atoms with Crippen molar-refractivity contribution in [1.29, 1.82) is 0 Å². The first kappa shape index (κ1) is 11.7. The monoisotopic (exact) mass is 242 g/mol. The van der Waals surface area contributed by atoms with Crippen molar-refractivity contribution in [2.24, 2.45) is 5.92 Å². The van der Waals surface area contributed by atoms with Gasteiger partial charge in [0.1, 0.15) is 5.82 Å². The molecule has 0 aromatic heterocycles. The van der Waals surface area contributed by atoms with Gasteiger partial charge in [-0.1, -0.05) is 11.6 Å². The van der Waals surface area contributed by atoms with Gasteiger partial charge in [0.15, 0.2) is 0 Å². The molecule has 1 unspecified atom stereocenters. The Labute approximate surface area is 100 Å². The van der Waals surface area contributed by atoms with E-state index in [1.165, 1.54) is 12.5 Å². The van der Waals surface area contributed by atoms with E-state index in [0.29, 0.717) is 10.7 Å². The summed E-state index contributed by atoms with van der Waals surface area (Å²) in [7, 11) is 0. The first-order chi connectivity index (χ1) is 7.75. The molecule has 88 valence electrons. The molecule has 2 N–H and O–H groups in total. The number of hydrogen-bond donors (Lipinski definition) is 2. The molecule has 0 bridgehead atoms. The van der Waals surface area contributed by atoms with Crippen LogP contribution in [0.4, 0.5) is 10.1 Å². The average molecular weight is 243 g/mol. The van der Waals surface area contributed by atoms with Crippen molar-refractivity contribution in [1.82, 2.24) is 5.32 Å². The molecule has 1 aliphatic rings. The Balaban J connectivity index is 1.82. The quantitative estimate of drug-likeness (QED) is 0.849. The maximum Gasteiger partial charge on any atom is 0.146 e. The molecule has 0 spiro atoms. The fourth-order valence-electron chi connectivity index (χ4n) is 2.00. The lowest BCUT2D eigenvalue weighted by molar-refractivity contribution is 0.547. The van der Waals surface area contributed by atoms with Gasteiger partial charge in [-0.2, -0.15) is 0 Å². The Kier molecular flexibility index (Phi) is 4.02. The van der Waals surface area contributed by atoms with Crippen molar-refractivity contribution in [2.75, 3.05) is 25.0 Å². The fraction of sp³-hybridized carbons (Fsp3) is 0.500. The summed E-state index contributed by atoms with van der Waals surface area (Å²) in [6.07, 6.45) is 2.29. The highest BCUT2D eigenvalue weighted by Gasteiger charge is 2.13. The fourth-order valence-corrected chi connectivity index (χ4v) is 2.18. The molecule has 0 saturated carbocycles. The van der Waals surface area contributed by atoms with Crippen LogP contribution < -0.4 is 10.6 Å². The first-order valence-electron chi connectivity index (χ1n) is 5.65. The molecule has 0 amide bonds. The number of rotatable bonds is 4. The second-order valence-electron chi connectivity index (χ2n) is 4.20. The zero-order chi connectivity index (χ0) is 11.4. The molecule has 2 rings (SSSR count). The van der Waals surface area contributed by atoms with Crippen molar-refractivity contribution in [3.63, 3.8) is 0 Å². The van der Waals surface area contributed by atoms with Gasteiger partial charge in [0, 0.05) is 11.6 Å². The van der Waals surface area contributed by atoms with Crippen molar-refractivity contribution in [2.45, 2.75) is 12.8 Å². The molecular formula is C12H16ClFN2. The minimum atomic E-state index is -0.242. The van der Waals surface area contributed by atoms with E-state index in [-0.39, 0.29) is 5.82 Å². The lowest BCUT2D eigenvalue weighted by Crippen LogP contribution is -2.13. The Morgan fingerprint density at radius 3 is 3.12 bits per heavy atom. The van der Waals surface area contributed by atoms with Crippen molar-refractivity contribution in [3.8, 4) is 0 Å². The van der Waals surface area contributed by atoms with Gasteiger partial charge in [0.2, 0.25) is 0 Å². The zero-order valence-corrected chi connectivity index (χ0v) is 9.86. The van der Waals surface area contributed by atoms with Gasteiger partial charge in [-0.3, -0.25) is 0 Å². The normalized spacial score (nSPS) is 20.0. The van der Waals surface area contributed by atoms with Crippen LogP contribution in [0.25, 0.3) is 0 Å². The van der Waals surface area contributed by atoms with Crippen LogP contribution in [-0.2, 0) is 0 Å². The molecule has 1 aromatic carbocycles. The summed E-state index contributed by atoms with van der Waals surface area (Å²) in [6.45, 7) is 2.99. The molecule has 0 aliphatic carbocycles. The number of hydrogen-bond acceptors (Lipinski definition) is 2. The maximum absolute atomic E-state index is 13.3. The Morgan fingerprint density at radius 1 is 1.50 bits per heavy atom. The summed E-state index contributed by atoms with van der Waals surface area (Å²) < 4.78 is 13.3. The first-order valence-corrected chi connectivity index (χ1v) is 6.03. The molecule has 1 aliphatic heterocycles. The summed E-state index contributed by atoms with van der Waals surface area (Å²) in [4.78, 5) is 0. The van der Waals surface area contributed by atoms with Crippen LogP contribution in [-0.4, -0.2) is 19.6 Å². The van der Waals surface area contributed by atoms with Crippen LogP contribution in [0.2, 0.25) is 5.02 Å². The molecule has 1 fully saturated rings. The SMILES string of the molecule is Fc1ccc(Cl)cc1NCCC1CCNC1. The molecule has 1 aromatic rings. The largest absolute Gasteiger partial charge is 0.383 e. The van der Waals surface area contributed by atoms with E-state index in [1.807, 2.05) is 0 Å². The number of benzene rings is 1. The predicted octanol–water partition coefficient (Wildman–Crippen LogP) is 2.89. The van der Waals surface area contributed by atoms with Crippen molar-refractivity contribution >= 4 is 17.3 Å². The standard InChI is InChI=1S/C12H16ClFN2/c13-10-1-2-11(14)12(7-10)16-6-4-9-3-5-15-8-9/h1-2,7,9,15-16H,3-6,8H2. The van der Waals surface area contributed by atoms with Crippen LogP contribution in [0.5, 0.6) is 0 Å². The van der Waals surface area contributed by atoms with Crippen LogP contribution in [0.3, 0.4) is 0 Å². The minimum Gasteiger partial charge on any atom is -0.383 e. The van der Waals surface area contributed by atoms with Gasteiger partial charge in [-0.25, -0.2) is 4.39 Å². The van der Waals surface area contributed by atoms with E-state index in [1.54, 1.807) is 12.1 Å². The van der Waals surface area contributed by atoms with E-state index in [0.717, 1.165) is 32.0 Å². The molecular weight excluding hydrogens is 227 g/mol. The summed E-state index contributed by atoms with van der Waals surface area (Å²) >= 11 is 5.81. The van der Waals surface area contributed by atoms with Crippen LogP contribution >= 0.6 is 11.6 Å². The van der Waals surface area contributed by atoms with Crippen molar-refractivity contribution in [3.05, 3.63) is 29.0 Å². The summed E-state index contributed by atoms with van der Waals surface area (Å²) in [5.41, 5.74) is 0.499.